The van der Waals surface area contributed by atoms with E-state index >= 15 is 0 Å². The zero-order valence-corrected chi connectivity index (χ0v) is 9.47. The first-order valence-corrected chi connectivity index (χ1v) is 5.13. The van der Waals surface area contributed by atoms with Gasteiger partial charge in [-0.1, -0.05) is 0 Å². The highest BCUT2D eigenvalue weighted by Gasteiger charge is 2.13. The lowest BCUT2D eigenvalue weighted by molar-refractivity contribution is 0.0888. The molecule has 94 valence electrons. The van der Waals surface area contributed by atoms with Gasteiger partial charge in [-0.3, -0.25) is 9.59 Å². The van der Waals surface area contributed by atoms with Gasteiger partial charge in [0.15, 0.2) is 0 Å². The molecule has 0 fully saturated rings. The van der Waals surface area contributed by atoms with Gasteiger partial charge in [-0.05, 0) is 12.5 Å². The van der Waals surface area contributed by atoms with E-state index in [0.29, 0.717) is 13.0 Å². The molecule has 1 amide bonds. The van der Waals surface area contributed by atoms with Crippen LogP contribution in [0, 0.1) is 0 Å². The molecule has 3 N–H and O–H groups in total. The summed E-state index contributed by atoms with van der Waals surface area (Å²) >= 11 is 0. The highest BCUT2D eigenvalue weighted by Crippen LogP contribution is 1.95. The lowest BCUT2D eigenvalue weighted by atomic mass is 10.2. The predicted octanol–water partition coefficient (Wildman–Crippen LogP) is -1.10. The van der Waals surface area contributed by atoms with E-state index in [4.69, 9.17) is 9.84 Å². The molecule has 0 aliphatic heterocycles. The van der Waals surface area contributed by atoms with Gasteiger partial charge >= 0.3 is 0 Å². The SMILES string of the molecule is COCCC(CO)NC(=O)c1ccc(=O)[nH]n1. The van der Waals surface area contributed by atoms with Gasteiger partial charge in [0.05, 0.1) is 12.6 Å². The number of ether oxygens (including phenoxy) is 1. The molecule has 0 saturated carbocycles. The maximum absolute atomic E-state index is 11.6. The highest BCUT2D eigenvalue weighted by molar-refractivity contribution is 5.92. The molecule has 7 nitrogen and oxygen atoms in total. The van der Waals surface area contributed by atoms with Crippen molar-refractivity contribution in [3.8, 4) is 0 Å². The number of aliphatic hydroxyl groups excluding tert-OH is 1. The fourth-order valence-corrected chi connectivity index (χ4v) is 1.20. The van der Waals surface area contributed by atoms with E-state index in [2.05, 4.69) is 15.5 Å². The largest absolute Gasteiger partial charge is 0.394 e. The normalized spacial score (nSPS) is 12.1. The number of nitrogens with zero attached hydrogens (tertiary/aromatic N) is 1. The Morgan fingerprint density at radius 1 is 1.65 bits per heavy atom. The number of carbonyl (C=O) groups excluding carboxylic acids is 1. The molecule has 0 saturated heterocycles. The fourth-order valence-electron chi connectivity index (χ4n) is 1.20. The van der Waals surface area contributed by atoms with Crippen LogP contribution in [0.3, 0.4) is 0 Å². The third-order valence-corrected chi connectivity index (χ3v) is 2.14. The van der Waals surface area contributed by atoms with Crippen LogP contribution in [-0.2, 0) is 4.74 Å². The summed E-state index contributed by atoms with van der Waals surface area (Å²) in [6.45, 7) is 0.253. The minimum Gasteiger partial charge on any atom is -0.394 e. The second kappa shape index (κ2) is 6.77. The van der Waals surface area contributed by atoms with Crippen molar-refractivity contribution in [1.29, 1.82) is 0 Å². The van der Waals surface area contributed by atoms with Crippen molar-refractivity contribution in [3.05, 3.63) is 28.2 Å². The minimum atomic E-state index is -0.448. The second-order valence-electron chi connectivity index (χ2n) is 3.44. The Kier molecular flexibility index (Phi) is 5.31. The van der Waals surface area contributed by atoms with Gasteiger partial charge in [0.25, 0.3) is 11.5 Å². The summed E-state index contributed by atoms with van der Waals surface area (Å²) in [6, 6.07) is 2.14. The van der Waals surface area contributed by atoms with Gasteiger partial charge in [0.2, 0.25) is 0 Å². The van der Waals surface area contributed by atoms with Crippen LogP contribution in [0.15, 0.2) is 16.9 Å². The third-order valence-electron chi connectivity index (χ3n) is 2.14. The zero-order chi connectivity index (χ0) is 12.7. The second-order valence-corrected chi connectivity index (χ2v) is 3.44. The number of amides is 1. The van der Waals surface area contributed by atoms with Crippen molar-refractivity contribution < 1.29 is 14.6 Å². The summed E-state index contributed by atoms with van der Waals surface area (Å²) in [4.78, 5) is 22.4. The van der Waals surface area contributed by atoms with E-state index in [9.17, 15) is 9.59 Å². The molecule has 0 bridgehead atoms. The van der Waals surface area contributed by atoms with Crippen LogP contribution in [0.5, 0.6) is 0 Å². The average molecular weight is 241 g/mol. The van der Waals surface area contributed by atoms with Gasteiger partial charge in [-0.25, -0.2) is 5.10 Å². The standard InChI is InChI=1S/C10H15N3O4/c1-17-5-4-7(6-14)11-10(16)8-2-3-9(15)13-12-8/h2-3,7,14H,4-6H2,1H3,(H,11,16)(H,13,15). The molecule has 1 heterocycles. The molecule has 1 aromatic heterocycles. The van der Waals surface area contributed by atoms with Gasteiger partial charge < -0.3 is 15.2 Å². The number of rotatable bonds is 6. The van der Waals surface area contributed by atoms with Gasteiger partial charge in [0.1, 0.15) is 5.69 Å². The maximum Gasteiger partial charge on any atom is 0.272 e. The Morgan fingerprint density at radius 2 is 2.41 bits per heavy atom. The van der Waals surface area contributed by atoms with Crippen LogP contribution in [0.1, 0.15) is 16.9 Å². The van der Waals surface area contributed by atoms with E-state index in [1.165, 1.54) is 12.1 Å². The van der Waals surface area contributed by atoms with Crippen molar-refractivity contribution in [2.75, 3.05) is 20.3 Å². The van der Waals surface area contributed by atoms with E-state index in [1.807, 2.05) is 0 Å². The first-order chi connectivity index (χ1) is 8.17. The van der Waals surface area contributed by atoms with E-state index in [1.54, 1.807) is 7.11 Å². The Balaban J connectivity index is 2.57. The van der Waals surface area contributed by atoms with Crippen molar-refractivity contribution in [2.45, 2.75) is 12.5 Å². The quantitative estimate of drug-likeness (QED) is 0.586. The number of aromatic amines is 1. The number of aliphatic hydroxyl groups is 1. The molecule has 0 aliphatic rings. The third kappa shape index (κ3) is 4.33. The summed E-state index contributed by atoms with van der Waals surface area (Å²) in [6.07, 6.45) is 0.502. The monoisotopic (exact) mass is 241 g/mol. The summed E-state index contributed by atoms with van der Waals surface area (Å²) in [5.74, 6) is -0.448. The molecule has 0 radical (unpaired) electrons. The first-order valence-electron chi connectivity index (χ1n) is 5.13. The molecule has 1 unspecified atom stereocenters. The number of aromatic nitrogens is 2. The predicted molar refractivity (Wildman–Crippen MR) is 59.7 cm³/mol. The topological polar surface area (TPSA) is 104 Å². The summed E-state index contributed by atoms with van der Waals surface area (Å²) < 4.78 is 4.85. The summed E-state index contributed by atoms with van der Waals surface area (Å²) in [7, 11) is 1.54. The fraction of sp³-hybridized carbons (Fsp3) is 0.500. The number of nitrogens with one attached hydrogen (secondary N) is 2. The number of H-pyrrole nitrogens is 1. The Morgan fingerprint density at radius 3 is 2.94 bits per heavy atom. The number of methoxy groups -OCH3 is 1. The van der Waals surface area contributed by atoms with Crippen molar-refractivity contribution in [3.63, 3.8) is 0 Å². The number of hydrogen-bond acceptors (Lipinski definition) is 5. The molecule has 0 spiro atoms. The lowest BCUT2D eigenvalue weighted by Crippen LogP contribution is -2.39. The molecule has 7 heteroatoms. The number of hydrogen-bond donors (Lipinski definition) is 3. The molecular formula is C10H15N3O4. The van der Waals surface area contributed by atoms with Crippen LogP contribution in [0.25, 0.3) is 0 Å². The molecule has 0 aromatic carbocycles. The Bertz CT molecular complexity index is 398. The van der Waals surface area contributed by atoms with Gasteiger partial charge in [0, 0.05) is 19.8 Å². The molecular weight excluding hydrogens is 226 g/mol. The van der Waals surface area contributed by atoms with Crippen molar-refractivity contribution in [1.82, 2.24) is 15.5 Å². The summed E-state index contributed by atoms with van der Waals surface area (Å²) in [5.41, 5.74) is -0.278. The minimum absolute atomic E-state index is 0.0977. The Labute approximate surface area is 97.8 Å². The van der Waals surface area contributed by atoms with Crippen LogP contribution in [-0.4, -0.2) is 47.6 Å². The van der Waals surface area contributed by atoms with E-state index in [0.717, 1.165) is 0 Å². The zero-order valence-electron chi connectivity index (χ0n) is 9.47. The number of carbonyl (C=O) groups is 1. The van der Waals surface area contributed by atoms with Crippen LogP contribution in [0.4, 0.5) is 0 Å². The highest BCUT2D eigenvalue weighted by atomic mass is 16.5. The maximum atomic E-state index is 11.6. The first kappa shape index (κ1) is 13.3. The molecule has 17 heavy (non-hydrogen) atoms. The van der Waals surface area contributed by atoms with Crippen LogP contribution >= 0.6 is 0 Å². The van der Waals surface area contributed by atoms with Gasteiger partial charge in [-0.15, -0.1) is 0 Å². The van der Waals surface area contributed by atoms with Crippen LogP contribution < -0.4 is 10.9 Å². The van der Waals surface area contributed by atoms with Gasteiger partial charge in [-0.2, -0.15) is 5.10 Å². The molecule has 0 aliphatic carbocycles. The van der Waals surface area contributed by atoms with E-state index in [-0.39, 0.29) is 17.9 Å². The average Bonchev–Trinajstić information content (AvgIpc) is 2.35. The van der Waals surface area contributed by atoms with Crippen LogP contribution in [0.2, 0.25) is 0 Å². The molecule has 1 aromatic rings. The Hall–Kier alpha value is -1.73. The molecule has 1 rings (SSSR count). The molecule has 1 atom stereocenters. The summed E-state index contributed by atoms with van der Waals surface area (Å²) in [5, 5.41) is 17.4. The smallest absolute Gasteiger partial charge is 0.272 e. The van der Waals surface area contributed by atoms with Crippen molar-refractivity contribution in [2.24, 2.45) is 0 Å². The van der Waals surface area contributed by atoms with E-state index < -0.39 is 11.9 Å². The lowest BCUT2D eigenvalue weighted by Gasteiger charge is -2.15. The van der Waals surface area contributed by atoms with Crippen molar-refractivity contribution >= 4 is 5.91 Å².